The molecule has 0 saturated carbocycles. The van der Waals surface area contributed by atoms with Crippen molar-refractivity contribution < 1.29 is 9.53 Å². The molecule has 2 aromatic carbocycles. The number of para-hydroxylation sites is 1. The van der Waals surface area contributed by atoms with E-state index in [0.717, 1.165) is 20.7 Å². The summed E-state index contributed by atoms with van der Waals surface area (Å²) in [6.45, 7) is 1.02. The van der Waals surface area contributed by atoms with Crippen LogP contribution in [0, 0.1) is 0 Å². The summed E-state index contributed by atoms with van der Waals surface area (Å²) in [7, 11) is 0. The number of ether oxygens (including phenoxy) is 1. The molecule has 1 amide bonds. The van der Waals surface area contributed by atoms with Gasteiger partial charge in [-0.15, -0.1) is 11.3 Å². The molecule has 1 N–H and O–H groups in total. The number of halogens is 1. The molecular weight excluding hydrogens is 386 g/mol. The van der Waals surface area contributed by atoms with E-state index in [-0.39, 0.29) is 5.91 Å². The quantitative estimate of drug-likeness (QED) is 0.629. The predicted molar refractivity (Wildman–Crippen MR) is 100 cm³/mol. The zero-order chi connectivity index (χ0) is 16.8. The van der Waals surface area contributed by atoms with Crippen molar-refractivity contribution in [3.8, 4) is 5.75 Å². The lowest BCUT2D eigenvalue weighted by Crippen LogP contribution is -2.22. The third-order valence-electron chi connectivity index (χ3n) is 3.45. The minimum Gasteiger partial charge on any atom is -0.488 e. The zero-order valence-electron chi connectivity index (χ0n) is 12.9. The van der Waals surface area contributed by atoms with Crippen LogP contribution in [-0.2, 0) is 13.2 Å². The average Bonchev–Trinajstić information content (AvgIpc) is 3.13. The Labute approximate surface area is 153 Å². The normalized spacial score (nSPS) is 10.4. The molecule has 122 valence electrons. The Hall–Kier alpha value is -2.11. The van der Waals surface area contributed by atoms with E-state index in [0.29, 0.717) is 18.7 Å². The number of amides is 1. The summed E-state index contributed by atoms with van der Waals surface area (Å²) in [6, 6.07) is 19.2. The maximum Gasteiger partial charge on any atom is 0.251 e. The number of hydrogen-bond donors (Lipinski definition) is 1. The van der Waals surface area contributed by atoms with Gasteiger partial charge in [0.1, 0.15) is 12.4 Å². The summed E-state index contributed by atoms with van der Waals surface area (Å²) in [6.07, 6.45) is 0. The Bertz CT molecular complexity index is 800. The Morgan fingerprint density at radius 3 is 2.54 bits per heavy atom. The molecule has 0 spiro atoms. The van der Waals surface area contributed by atoms with Gasteiger partial charge >= 0.3 is 0 Å². The van der Waals surface area contributed by atoms with Crippen molar-refractivity contribution in [1.82, 2.24) is 5.32 Å². The van der Waals surface area contributed by atoms with E-state index in [1.54, 1.807) is 11.3 Å². The molecule has 0 aliphatic rings. The third-order valence-corrected chi connectivity index (χ3v) is 4.98. The molecule has 0 radical (unpaired) electrons. The van der Waals surface area contributed by atoms with E-state index >= 15 is 0 Å². The number of rotatable bonds is 6. The van der Waals surface area contributed by atoms with Gasteiger partial charge in [0.25, 0.3) is 5.91 Å². The van der Waals surface area contributed by atoms with Crippen LogP contribution in [0.1, 0.15) is 20.8 Å². The summed E-state index contributed by atoms with van der Waals surface area (Å²) >= 11 is 5.09. The topological polar surface area (TPSA) is 38.3 Å². The van der Waals surface area contributed by atoms with Gasteiger partial charge in [0.2, 0.25) is 0 Å². The minimum atomic E-state index is -0.0679. The van der Waals surface area contributed by atoms with Crippen molar-refractivity contribution >= 4 is 33.2 Å². The van der Waals surface area contributed by atoms with E-state index in [1.165, 1.54) is 0 Å². The monoisotopic (exact) mass is 401 g/mol. The van der Waals surface area contributed by atoms with Gasteiger partial charge in [-0.3, -0.25) is 4.79 Å². The van der Waals surface area contributed by atoms with E-state index in [9.17, 15) is 4.79 Å². The fraction of sp³-hybridized carbons (Fsp3) is 0.105. The van der Waals surface area contributed by atoms with Gasteiger partial charge in [0, 0.05) is 10.4 Å². The van der Waals surface area contributed by atoms with Crippen molar-refractivity contribution in [3.63, 3.8) is 0 Å². The molecule has 1 aromatic heterocycles. The van der Waals surface area contributed by atoms with Crippen molar-refractivity contribution in [2.24, 2.45) is 0 Å². The molecule has 1 heterocycles. The lowest BCUT2D eigenvalue weighted by atomic mass is 10.1. The second-order valence-electron chi connectivity index (χ2n) is 5.18. The first-order valence-electron chi connectivity index (χ1n) is 7.49. The zero-order valence-corrected chi connectivity index (χ0v) is 15.3. The fourth-order valence-corrected chi connectivity index (χ4v) is 3.20. The highest BCUT2D eigenvalue weighted by molar-refractivity contribution is 9.10. The standard InChI is InChI=1S/C19H16BrNO2S/c20-17-5-1-2-6-18(17)23-13-14-7-9-15(10-8-14)19(22)21-12-16-4-3-11-24-16/h1-11H,12-13H2,(H,21,22). The first kappa shape index (κ1) is 16.7. The Kier molecular flexibility index (Phi) is 5.67. The number of benzene rings is 2. The average molecular weight is 402 g/mol. The SMILES string of the molecule is O=C(NCc1cccs1)c1ccc(COc2ccccc2Br)cc1. The molecule has 3 rings (SSSR count). The second kappa shape index (κ2) is 8.13. The van der Waals surface area contributed by atoms with Gasteiger partial charge in [-0.25, -0.2) is 0 Å². The number of thiophene rings is 1. The number of carbonyl (C=O) groups is 1. The van der Waals surface area contributed by atoms with Crippen LogP contribution >= 0.6 is 27.3 Å². The van der Waals surface area contributed by atoms with Gasteiger partial charge in [0.05, 0.1) is 11.0 Å². The lowest BCUT2D eigenvalue weighted by molar-refractivity contribution is 0.0951. The smallest absolute Gasteiger partial charge is 0.251 e. The number of nitrogens with one attached hydrogen (secondary N) is 1. The molecule has 0 saturated heterocycles. The summed E-state index contributed by atoms with van der Waals surface area (Å²) in [5.74, 6) is 0.733. The van der Waals surface area contributed by atoms with E-state index < -0.39 is 0 Å². The molecular formula is C19H16BrNO2S. The molecule has 3 nitrogen and oxygen atoms in total. The van der Waals surface area contributed by atoms with Crippen molar-refractivity contribution in [1.29, 1.82) is 0 Å². The first-order chi connectivity index (χ1) is 11.7. The van der Waals surface area contributed by atoms with Gasteiger partial charge in [-0.1, -0.05) is 30.3 Å². The third kappa shape index (κ3) is 4.46. The Morgan fingerprint density at radius 1 is 1.04 bits per heavy atom. The first-order valence-corrected chi connectivity index (χ1v) is 9.16. The van der Waals surface area contributed by atoms with Crippen LogP contribution in [0.2, 0.25) is 0 Å². The molecule has 0 atom stereocenters. The summed E-state index contributed by atoms with van der Waals surface area (Å²) in [5.41, 5.74) is 1.66. The predicted octanol–water partition coefficient (Wildman–Crippen LogP) is 5.02. The van der Waals surface area contributed by atoms with Crippen molar-refractivity contribution in [3.05, 3.63) is 86.5 Å². The Morgan fingerprint density at radius 2 is 1.83 bits per heavy atom. The van der Waals surface area contributed by atoms with Gasteiger partial charge in [0.15, 0.2) is 0 Å². The number of hydrogen-bond acceptors (Lipinski definition) is 3. The highest BCUT2D eigenvalue weighted by Gasteiger charge is 2.06. The van der Waals surface area contributed by atoms with Crippen LogP contribution < -0.4 is 10.1 Å². The fourth-order valence-electron chi connectivity index (χ4n) is 2.16. The molecule has 0 aliphatic heterocycles. The van der Waals surface area contributed by atoms with Gasteiger partial charge in [-0.05, 0) is 57.2 Å². The van der Waals surface area contributed by atoms with Crippen LogP contribution in [-0.4, -0.2) is 5.91 Å². The van der Waals surface area contributed by atoms with E-state index in [2.05, 4.69) is 21.2 Å². The van der Waals surface area contributed by atoms with E-state index in [4.69, 9.17) is 4.74 Å². The van der Waals surface area contributed by atoms with Gasteiger partial charge < -0.3 is 10.1 Å². The van der Waals surface area contributed by atoms with Crippen molar-refractivity contribution in [2.45, 2.75) is 13.2 Å². The van der Waals surface area contributed by atoms with Crippen LogP contribution in [0.15, 0.2) is 70.5 Å². The highest BCUT2D eigenvalue weighted by atomic mass is 79.9. The molecule has 0 bridgehead atoms. The maximum absolute atomic E-state index is 12.1. The van der Waals surface area contributed by atoms with Crippen LogP contribution in [0.3, 0.4) is 0 Å². The summed E-state index contributed by atoms with van der Waals surface area (Å²) in [4.78, 5) is 13.3. The van der Waals surface area contributed by atoms with Crippen LogP contribution in [0.25, 0.3) is 0 Å². The highest BCUT2D eigenvalue weighted by Crippen LogP contribution is 2.24. The number of carbonyl (C=O) groups excluding carboxylic acids is 1. The minimum absolute atomic E-state index is 0.0679. The molecule has 3 aromatic rings. The lowest BCUT2D eigenvalue weighted by Gasteiger charge is -2.09. The molecule has 0 fully saturated rings. The Balaban J connectivity index is 1.55. The molecule has 0 aliphatic carbocycles. The second-order valence-corrected chi connectivity index (χ2v) is 7.06. The van der Waals surface area contributed by atoms with Crippen molar-refractivity contribution in [2.75, 3.05) is 0 Å². The molecule has 0 unspecified atom stereocenters. The van der Waals surface area contributed by atoms with Crippen LogP contribution in [0.5, 0.6) is 5.75 Å². The summed E-state index contributed by atoms with van der Waals surface area (Å²) in [5, 5.41) is 4.92. The molecule has 24 heavy (non-hydrogen) atoms. The maximum atomic E-state index is 12.1. The molecule has 5 heteroatoms. The summed E-state index contributed by atoms with van der Waals surface area (Å²) < 4.78 is 6.70. The van der Waals surface area contributed by atoms with Gasteiger partial charge in [-0.2, -0.15) is 0 Å². The largest absolute Gasteiger partial charge is 0.488 e. The van der Waals surface area contributed by atoms with Crippen LogP contribution in [0.4, 0.5) is 0 Å². The van der Waals surface area contributed by atoms with E-state index in [1.807, 2.05) is 66.0 Å².